The summed E-state index contributed by atoms with van der Waals surface area (Å²) in [4.78, 5) is 24.7. The van der Waals surface area contributed by atoms with Crippen LogP contribution in [0.25, 0.3) is 0 Å². The van der Waals surface area contributed by atoms with Crippen molar-refractivity contribution in [3.63, 3.8) is 0 Å². The summed E-state index contributed by atoms with van der Waals surface area (Å²) in [7, 11) is 0. The molecular weight excluding hydrogens is 236 g/mol. The Labute approximate surface area is 107 Å². The Morgan fingerprint density at radius 2 is 2.29 bits per heavy atom. The molecule has 1 N–H and O–H groups in total. The largest absolute Gasteiger partial charge is 0.352 e. The maximum Gasteiger partial charge on any atom is 0.243 e. The highest BCUT2D eigenvalue weighted by molar-refractivity contribution is 7.99. The molecule has 0 radical (unpaired) electrons. The van der Waals surface area contributed by atoms with E-state index in [0.29, 0.717) is 18.2 Å². The predicted molar refractivity (Wildman–Crippen MR) is 70.9 cm³/mol. The lowest BCUT2D eigenvalue weighted by atomic mass is 10.3. The fourth-order valence-corrected chi connectivity index (χ4v) is 2.67. The average Bonchev–Trinajstić information content (AvgIpc) is 2.53. The van der Waals surface area contributed by atoms with Crippen LogP contribution < -0.4 is 5.32 Å². The molecule has 17 heavy (non-hydrogen) atoms. The lowest BCUT2D eigenvalue weighted by Gasteiger charge is -2.20. The Hall–Kier alpha value is -0.970. The number of rotatable bonds is 4. The molecule has 1 heterocycles. The molecule has 0 aromatic rings. The van der Waals surface area contributed by atoms with E-state index in [1.807, 2.05) is 16.7 Å². The number of hydrogen-bond acceptors (Lipinski definition) is 3. The Bertz CT molecular complexity index is 294. The van der Waals surface area contributed by atoms with Gasteiger partial charge in [-0.2, -0.15) is 11.8 Å². The molecular formula is C12H20N2O2S. The molecule has 1 atom stereocenters. The van der Waals surface area contributed by atoms with E-state index in [1.165, 1.54) is 6.08 Å². The van der Waals surface area contributed by atoms with E-state index in [-0.39, 0.29) is 11.8 Å². The van der Waals surface area contributed by atoms with Crippen LogP contribution in [0, 0.1) is 0 Å². The molecule has 1 saturated heterocycles. The molecule has 0 aromatic heterocycles. The third-order valence-corrected chi connectivity index (χ3v) is 3.97. The number of carbonyl (C=O) groups is 2. The van der Waals surface area contributed by atoms with Gasteiger partial charge in [0.1, 0.15) is 0 Å². The number of carbonyl (C=O) groups excluding carboxylic acids is 2. The molecule has 1 unspecified atom stereocenters. The predicted octanol–water partition coefficient (Wildman–Crippen LogP) is 1.03. The van der Waals surface area contributed by atoms with Crippen LogP contribution in [-0.2, 0) is 9.59 Å². The highest BCUT2D eigenvalue weighted by atomic mass is 32.2. The summed E-state index contributed by atoms with van der Waals surface area (Å²) in [6, 6.07) is 0. The SMILES string of the molecule is C=CC(=O)NCCC(=O)N1CCSC(C)CC1. The summed E-state index contributed by atoms with van der Waals surface area (Å²) < 4.78 is 0. The van der Waals surface area contributed by atoms with Gasteiger partial charge in [-0.15, -0.1) is 0 Å². The summed E-state index contributed by atoms with van der Waals surface area (Å²) >= 11 is 1.92. The molecule has 0 spiro atoms. The summed E-state index contributed by atoms with van der Waals surface area (Å²) in [5.74, 6) is 0.910. The van der Waals surface area contributed by atoms with E-state index in [2.05, 4.69) is 18.8 Å². The normalized spacial score (nSPS) is 20.5. The Balaban J connectivity index is 2.26. The van der Waals surface area contributed by atoms with E-state index < -0.39 is 0 Å². The van der Waals surface area contributed by atoms with Crippen molar-refractivity contribution >= 4 is 23.6 Å². The first-order valence-electron chi connectivity index (χ1n) is 5.93. The van der Waals surface area contributed by atoms with Gasteiger partial charge in [0.15, 0.2) is 0 Å². The molecule has 5 heteroatoms. The zero-order valence-electron chi connectivity index (χ0n) is 10.3. The topological polar surface area (TPSA) is 49.4 Å². The monoisotopic (exact) mass is 256 g/mol. The summed E-state index contributed by atoms with van der Waals surface area (Å²) in [6.07, 6.45) is 2.64. The quantitative estimate of drug-likeness (QED) is 0.764. The zero-order valence-corrected chi connectivity index (χ0v) is 11.1. The third kappa shape index (κ3) is 5.26. The highest BCUT2D eigenvalue weighted by Crippen LogP contribution is 2.18. The van der Waals surface area contributed by atoms with Gasteiger partial charge in [-0.1, -0.05) is 13.5 Å². The van der Waals surface area contributed by atoms with Crippen LogP contribution >= 0.6 is 11.8 Å². The minimum Gasteiger partial charge on any atom is -0.352 e. The fraction of sp³-hybridized carbons (Fsp3) is 0.667. The van der Waals surface area contributed by atoms with Gasteiger partial charge < -0.3 is 10.2 Å². The van der Waals surface area contributed by atoms with E-state index in [1.54, 1.807) is 0 Å². The minimum atomic E-state index is -0.224. The molecule has 4 nitrogen and oxygen atoms in total. The molecule has 96 valence electrons. The van der Waals surface area contributed by atoms with Crippen molar-refractivity contribution in [2.24, 2.45) is 0 Å². The first-order valence-corrected chi connectivity index (χ1v) is 6.98. The maximum absolute atomic E-state index is 11.9. The van der Waals surface area contributed by atoms with E-state index in [0.717, 1.165) is 25.3 Å². The van der Waals surface area contributed by atoms with Crippen molar-refractivity contribution in [1.29, 1.82) is 0 Å². The van der Waals surface area contributed by atoms with Crippen molar-refractivity contribution in [3.05, 3.63) is 12.7 Å². The minimum absolute atomic E-state index is 0.129. The molecule has 1 aliphatic rings. The van der Waals surface area contributed by atoms with Crippen LogP contribution in [-0.4, -0.2) is 47.4 Å². The molecule has 2 amide bonds. The van der Waals surface area contributed by atoms with Gasteiger partial charge in [0.2, 0.25) is 11.8 Å². The number of amides is 2. The number of nitrogens with zero attached hydrogens (tertiary/aromatic N) is 1. The molecule has 0 saturated carbocycles. The Kier molecular flexibility index (Phi) is 6.11. The molecule has 1 rings (SSSR count). The van der Waals surface area contributed by atoms with Crippen molar-refractivity contribution in [1.82, 2.24) is 10.2 Å². The average molecular weight is 256 g/mol. The first-order chi connectivity index (χ1) is 8.13. The van der Waals surface area contributed by atoms with Crippen LogP contribution in [0.3, 0.4) is 0 Å². The maximum atomic E-state index is 11.9. The standard InChI is InChI=1S/C12H20N2O2S/c1-3-11(15)13-6-4-12(16)14-7-5-10(2)17-9-8-14/h3,10H,1,4-9H2,2H3,(H,13,15). The summed E-state index contributed by atoms with van der Waals surface area (Å²) in [5.41, 5.74) is 0. The molecule has 1 fully saturated rings. The van der Waals surface area contributed by atoms with Crippen LogP contribution in [0.5, 0.6) is 0 Å². The number of thioether (sulfide) groups is 1. The highest BCUT2D eigenvalue weighted by Gasteiger charge is 2.18. The Morgan fingerprint density at radius 1 is 1.53 bits per heavy atom. The molecule has 0 aliphatic carbocycles. The third-order valence-electron chi connectivity index (χ3n) is 2.75. The van der Waals surface area contributed by atoms with Crippen LogP contribution in [0.15, 0.2) is 12.7 Å². The van der Waals surface area contributed by atoms with Crippen molar-refractivity contribution in [2.75, 3.05) is 25.4 Å². The first kappa shape index (κ1) is 14.1. The second-order valence-corrected chi connectivity index (χ2v) is 5.64. The van der Waals surface area contributed by atoms with Gasteiger partial charge in [0.05, 0.1) is 0 Å². The molecule has 0 aromatic carbocycles. The summed E-state index contributed by atoms with van der Waals surface area (Å²) in [6.45, 7) is 7.61. The summed E-state index contributed by atoms with van der Waals surface area (Å²) in [5, 5.41) is 3.25. The second kappa shape index (κ2) is 7.37. The van der Waals surface area contributed by atoms with Gasteiger partial charge in [0.25, 0.3) is 0 Å². The lowest BCUT2D eigenvalue weighted by molar-refractivity contribution is -0.130. The van der Waals surface area contributed by atoms with E-state index in [9.17, 15) is 9.59 Å². The van der Waals surface area contributed by atoms with Gasteiger partial charge in [-0.3, -0.25) is 9.59 Å². The fourth-order valence-electron chi connectivity index (χ4n) is 1.67. The second-order valence-electron chi connectivity index (χ2n) is 4.10. The van der Waals surface area contributed by atoms with Gasteiger partial charge >= 0.3 is 0 Å². The number of nitrogens with one attached hydrogen (secondary N) is 1. The molecule has 0 bridgehead atoms. The Morgan fingerprint density at radius 3 is 3.00 bits per heavy atom. The van der Waals surface area contributed by atoms with E-state index in [4.69, 9.17) is 0 Å². The van der Waals surface area contributed by atoms with Crippen LogP contribution in [0.1, 0.15) is 19.8 Å². The zero-order chi connectivity index (χ0) is 12.7. The van der Waals surface area contributed by atoms with Crippen molar-refractivity contribution in [3.8, 4) is 0 Å². The van der Waals surface area contributed by atoms with Gasteiger partial charge in [-0.05, 0) is 12.5 Å². The van der Waals surface area contributed by atoms with Crippen molar-refractivity contribution < 1.29 is 9.59 Å². The lowest BCUT2D eigenvalue weighted by Crippen LogP contribution is -2.35. The molecule has 1 aliphatic heterocycles. The van der Waals surface area contributed by atoms with E-state index >= 15 is 0 Å². The van der Waals surface area contributed by atoms with Crippen LogP contribution in [0.2, 0.25) is 0 Å². The van der Waals surface area contributed by atoms with Crippen LogP contribution in [0.4, 0.5) is 0 Å². The van der Waals surface area contributed by atoms with Gasteiger partial charge in [0, 0.05) is 37.1 Å². The van der Waals surface area contributed by atoms with Crippen molar-refractivity contribution in [2.45, 2.75) is 25.0 Å². The smallest absolute Gasteiger partial charge is 0.243 e. The number of hydrogen-bond donors (Lipinski definition) is 1. The van der Waals surface area contributed by atoms with Gasteiger partial charge in [-0.25, -0.2) is 0 Å².